The van der Waals surface area contributed by atoms with E-state index in [0.29, 0.717) is 29.3 Å². The monoisotopic (exact) mass is 411 g/mol. The number of nitro benzene ring substituents is 1. The van der Waals surface area contributed by atoms with Crippen LogP contribution in [0, 0.1) is 10.1 Å². The fourth-order valence-electron chi connectivity index (χ4n) is 3.17. The Kier molecular flexibility index (Phi) is 6.31. The van der Waals surface area contributed by atoms with Crippen LogP contribution in [-0.2, 0) is 9.59 Å². The van der Waals surface area contributed by atoms with E-state index >= 15 is 0 Å². The van der Waals surface area contributed by atoms with E-state index in [-0.39, 0.29) is 30.0 Å². The van der Waals surface area contributed by atoms with Gasteiger partial charge in [-0.2, -0.15) is 0 Å². The Morgan fingerprint density at radius 3 is 2.50 bits per heavy atom. The highest BCUT2D eigenvalue weighted by molar-refractivity contribution is 5.98. The van der Waals surface area contributed by atoms with Gasteiger partial charge in [-0.25, -0.2) is 0 Å². The van der Waals surface area contributed by atoms with Crippen molar-refractivity contribution in [3.8, 4) is 11.5 Å². The summed E-state index contributed by atoms with van der Waals surface area (Å²) in [6.07, 6.45) is 3.08. The Morgan fingerprint density at radius 2 is 1.87 bits per heavy atom. The van der Waals surface area contributed by atoms with Crippen molar-refractivity contribution in [1.82, 2.24) is 5.32 Å². The molecule has 2 aromatic carbocycles. The number of amides is 2. The summed E-state index contributed by atoms with van der Waals surface area (Å²) in [6, 6.07) is 10.7. The first-order valence-electron chi connectivity index (χ1n) is 9.16. The summed E-state index contributed by atoms with van der Waals surface area (Å²) >= 11 is 0. The summed E-state index contributed by atoms with van der Waals surface area (Å²) in [4.78, 5) is 36.4. The zero-order valence-corrected chi connectivity index (χ0v) is 16.5. The summed E-state index contributed by atoms with van der Waals surface area (Å²) in [6.45, 7) is 0.339. The Balaban J connectivity index is 1.61. The molecule has 1 N–H and O–H groups in total. The van der Waals surface area contributed by atoms with Crippen LogP contribution in [0.5, 0.6) is 11.5 Å². The predicted molar refractivity (Wildman–Crippen MR) is 111 cm³/mol. The van der Waals surface area contributed by atoms with Crippen LogP contribution in [0.3, 0.4) is 0 Å². The van der Waals surface area contributed by atoms with Gasteiger partial charge in [0.25, 0.3) is 5.69 Å². The van der Waals surface area contributed by atoms with Crippen molar-refractivity contribution in [2.75, 3.05) is 25.7 Å². The van der Waals surface area contributed by atoms with Crippen molar-refractivity contribution in [1.29, 1.82) is 0 Å². The number of nitrogens with one attached hydrogen (secondary N) is 1. The van der Waals surface area contributed by atoms with E-state index in [0.717, 1.165) is 0 Å². The minimum absolute atomic E-state index is 0.0173. The van der Waals surface area contributed by atoms with Crippen LogP contribution in [0.1, 0.15) is 12.0 Å². The number of non-ortho nitro benzene ring substituents is 1. The lowest BCUT2D eigenvalue weighted by Gasteiger charge is -2.18. The van der Waals surface area contributed by atoms with Gasteiger partial charge in [0.2, 0.25) is 11.8 Å². The fourth-order valence-corrected chi connectivity index (χ4v) is 3.17. The molecule has 0 bridgehead atoms. The number of carbonyl (C=O) groups excluding carboxylic acids is 2. The van der Waals surface area contributed by atoms with Crippen LogP contribution in [-0.4, -0.2) is 43.5 Å². The second-order valence-electron chi connectivity index (χ2n) is 6.64. The fraction of sp³-hybridized carbons (Fsp3) is 0.238. The van der Waals surface area contributed by atoms with Crippen molar-refractivity contribution in [2.45, 2.75) is 12.5 Å². The summed E-state index contributed by atoms with van der Waals surface area (Å²) < 4.78 is 10.5. The molecule has 0 saturated carbocycles. The van der Waals surface area contributed by atoms with E-state index in [2.05, 4.69) is 5.32 Å². The van der Waals surface area contributed by atoms with Crippen molar-refractivity contribution >= 4 is 29.3 Å². The number of anilines is 1. The average molecular weight is 411 g/mol. The number of carbonyl (C=O) groups is 2. The number of rotatable bonds is 7. The molecule has 30 heavy (non-hydrogen) atoms. The van der Waals surface area contributed by atoms with Gasteiger partial charge >= 0.3 is 0 Å². The molecule has 0 radical (unpaired) electrons. The maximum atomic E-state index is 12.4. The van der Waals surface area contributed by atoms with E-state index in [1.807, 2.05) is 0 Å². The van der Waals surface area contributed by atoms with E-state index in [4.69, 9.17) is 9.47 Å². The molecule has 1 fully saturated rings. The lowest BCUT2D eigenvalue weighted by Crippen LogP contribution is -2.36. The molecule has 0 spiro atoms. The third kappa shape index (κ3) is 4.75. The van der Waals surface area contributed by atoms with Gasteiger partial charge in [0.05, 0.1) is 25.2 Å². The maximum Gasteiger partial charge on any atom is 0.269 e. The lowest BCUT2D eigenvalue weighted by molar-refractivity contribution is -0.384. The van der Waals surface area contributed by atoms with E-state index in [1.54, 1.807) is 41.3 Å². The predicted octanol–water partition coefficient (Wildman–Crippen LogP) is 2.55. The van der Waals surface area contributed by atoms with Gasteiger partial charge in [-0.15, -0.1) is 0 Å². The van der Waals surface area contributed by atoms with Gasteiger partial charge < -0.3 is 19.7 Å². The number of benzene rings is 2. The summed E-state index contributed by atoms with van der Waals surface area (Å²) in [5.41, 5.74) is 1.30. The van der Waals surface area contributed by atoms with Gasteiger partial charge in [-0.05, 0) is 35.9 Å². The van der Waals surface area contributed by atoms with Crippen LogP contribution >= 0.6 is 0 Å². The summed E-state index contributed by atoms with van der Waals surface area (Å²) in [7, 11) is 3.06. The zero-order valence-electron chi connectivity index (χ0n) is 16.5. The van der Waals surface area contributed by atoms with Gasteiger partial charge in [0.1, 0.15) is 0 Å². The number of hydrogen-bond donors (Lipinski definition) is 1. The van der Waals surface area contributed by atoms with Crippen LogP contribution in [0.2, 0.25) is 0 Å². The van der Waals surface area contributed by atoms with E-state index < -0.39 is 4.92 Å². The second kappa shape index (κ2) is 9.08. The molecule has 1 heterocycles. The molecule has 9 heteroatoms. The van der Waals surface area contributed by atoms with Crippen molar-refractivity contribution in [3.63, 3.8) is 0 Å². The van der Waals surface area contributed by atoms with Gasteiger partial charge in [0, 0.05) is 42.9 Å². The standard InChI is InChI=1S/C21H21N3O6/c1-29-18-9-8-17(12-19(18)30-2)23-13-15(11-21(23)26)22-20(25)10-5-14-3-6-16(7-4-14)24(27)28/h3-10,12,15H,11,13H2,1-2H3,(H,22,25). The largest absolute Gasteiger partial charge is 0.493 e. The van der Waals surface area contributed by atoms with Gasteiger partial charge in [0.15, 0.2) is 11.5 Å². The molecule has 1 aliphatic rings. The van der Waals surface area contributed by atoms with Crippen LogP contribution in [0.25, 0.3) is 6.08 Å². The molecule has 0 aromatic heterocycles. The quantitative estimate of drug-likeness (QED) is 0.426. The van der Waals surface area contributed by atoms with Gasteiger partial charge in [-0.3, -0.25) is 19.7 Å². The van der Waals surface area contributed by atoms with Crippen LogP contribution < -0.4 is 19.7 Å². The molecule has 0 aliphatic carbocycles. The Bertz CT molecular complexity index is 987. The molecule has 1 aliphatic heterocycles. The molecule has 3 rings (SSSR count). The minimum atomic E-state index is -0.485. The highest BCUT2D eigenvalue weighted by Gasteiger charge is 2.31. The Labute approximate surface area is 173 Å². The first kappa shape index (κ1) is 20.8. The van der Waals surface area contributed by atoms with Crippen molar-refractivity contribution in [2.24, 2.45) is 0 Å². The van der Waals surface area contributed by atoms with Gasteiger partial charge in [-0.1, -0.05) is 0 Å². The Morgan fingerprint density at radius 1 is 1.17 bits per heavy atom. The highest BCUT2D eigenvalue weighted by Crippen LogP contribution is 2.33. The normalized spacial score (nSPS) is 16.0. The highest BCUT2D eigenvalue weighted by atomic mass is 16.6. The van der Waals surface area contributed by atoms with E-state index in [9.17, 15) is 19.7 Å². The number of nitro groups is 1. The molecule has 1 saturated heterocycles. The minimum Gasteiger partial charge on any atom is -0.493 e. The molecule has 1 unspecified atom stereocenters. The number of hydrogen-bond acceptors (Lipinski definition) is 6. The summed E-state index contributed by atoms with van der Waals surface area (Å²) in [5, 5.41) is 13.5. The third-order valence-corrected chi connectivity index (χ3v) is 4.68. The van der Waals surface area contributed by atoms with Crippen molar-refractivity contribution < 1.29 is 24.0 Å². The molecular formula is C21H21N3O6. The first-order chi connectivity index (χ1) is 14.4. The summed E-state index contributed by atoms with van der Waals surface area (Å²) in [5.74, 6) is 0.627. The molecule has 2 amide bonds. The number of ether oxygens (including phenoxy) is 2. The number of methoxy groups -OCH3 is 2. The van der Waals surface area contributed by atoms with E-state index in [1.165, 1.54) is 32.4 Å². The second-order valence-corrected chi connectivity index (χ2v) is 6.64. The van der Waals surface area contributed by atoms with Crippen molar-refractivity contribution in [3.05, 3.63) is 64.2 Å². The lowest BCUT2D eigenvalue weighted by atomic mass is 10.2. The Hall–Kier alpha value is -3.88. The molecule has 9 nitrogen and oxygen atoms in total. The molecule has 1 atom stereocenters. The smallest absolute Gasteiger partial charge is 0.269 e. The topological polar surface area (TPSA) is 111 Å². The number of nitrogens with zero attached hydrogens (tertiary/aromatic N) is 2. The maximum absolute atomic E-state index is 12.4. The zero-order chi connectivity index (χ0) is 21.7. The third-order valence-electron chi connectivity index (χ3n) is 4.68. The first-order valence-corrected chi connectivity index (χ1v) is 9.16. The molecule has 2 aromatic rings. The SMILES string of the molecule is COc1ccc(N2CC(NC(=O)C=Cc3ccc([N+](=O)[O-])cc3)CC2=O)cc1OC. The van der Waals surface area contributed by atoms with Crippen LogP contribution in [0.15, 0.2) is 48.5 Å². The molecule has 156 valence electrons. The molecular weight excluding hydrogens is 390 g/mol. The average Bonchev–Trinajstić information content (AvgIpc) is 3.11. The van der Waals surface area contributed by atoms with Crippen LogP contribution in [0.4, 0.5) is 11.4 Å².